The van der Waals surface area contributed by atoms with Crippen molar-refractivity contribution in [2.45, 2.75) is 19.3 Å². The highest BCUT2D eigenvalue weighted by atomic mass is 16.4. The molecule has 2 fully saturated rings. The Morgan fingerprint density at radius 1 is 1.21 bits per heavy atom. The van der Waals surface area contributed by atoms with Crippen LogP contribution in [0.2, 0.25) is 0 Å². The lowest BCUT2D eigenvalue weighted by Crippen LogP contribution is -2.43. The Morgan fingerprint density at radius 3 is 2.58 bits per heavy atom. The van der Waals surface area contributed by atoms with Crippen LogP contribution in [-0.4, -0.2) is 59.5 Å². The van der Waals surface area contributed by atoms with Gasteiger partial charge in [-0.25, -0.2) is 0 Å². The summed E-state index contributed by atoms with van der Waals surface area (Å²) >= 11 is 0. The summed E-state index contributed by atoms with van der Waals surface area (Å²) in [6, 6.07) is 10.1. The van der Waals surface area contributed by atoms with Crippen LogP contribution in [0.4, 0.5) is 0 Å². The first-order valence-electron chi connectivity index (χ1n) is 8.50. The van der Waals surface area contributed by atoms with E-state index in [4.69, 9.17) is 5.11 Å². The number of amides is 1. The molecule has 2 saturated heterocycles. The molecule has 24 heavy (non-hydrogen) atoms. The summed E-state index contributed by atoms with van der Waals surface area (Å²) in [5.41, 5.74) is 1.19. The van der Waals surface area contributed by atoms with Crippen LogP contribution >= 0.6 is 0 Å². The van der Waals surface area contributed by atoms with Crippen molar-refractivity contribution in [2.24, 2.45) is 5.41 Å². The molecule has 2 aliphatic heterocycles. The maximum atomic E-state index is 12.3. The number of piperidine rings is 1. The number of carboxylic acids is 1. The number of carbonyl (C=O) groups is 2. The summed E-state index contributed by atoms with van der Waals surface area (Å²) < 4.78 is 0. The Balaban J connectivity index is 1.52. The molecule has 0 aliphatic carbocycles. The fourth-order valence-electron chi connectivity index (χ4n) is 3.74. The largest absolute Gasteiger partial charge is 0.480 e. The first-order chi connectivity index (χ1) is 11.6. The van der Waals surface area contributed by atoms with Crippen molar-refractivity contribution in [1.29, 1.82) is 0 Å². The standard InChI is InChI=1S/C19H24N2O3/c22-17-13-19(8-11-20(12-9-19)14-18(23)24)15-21(17)10-4-7-16-5-2-1-3-6-16/h1-7H,8-15H2,(H,23,24)/b7-4+. The van der Waals surface area contributed by atoms with E-state index in [1.807, 2.05) is 52.3 Å². The molecule has 0 saturated carbocycles. The van der Waals surface area contributed by atoms with E-state index >= 15 is 0 Å². The number of carbonyl (C=O) groups excluding carboxylic acids is 1. The molecule has 1 N–H and O–H groups in total. The van der Waals surface area contributed by atoms with Crippen molar-refractivity contribution in [2.75, 3.05) is 32.7 Å². The topological polar surface area (TPSA) is 60.9 Å². The maximum Gasteiger partial charge on any atom is 0.317 e. The molecule has 5 nitrogen and oxygen atoms in total. The lowest BCUT2D eigenvalue weighted by molar-refractivity contribution is -0.139. The van der Waals surface area contributed by atoms with Crippen LogP contribution in [-0.2, 0) is 9.59 Å². The molecule has 128 valence electrons. The summed E-state index contributed by atoms with van der Waals surface area (Å²) in [6.07, 6.45) is 6.52. The maximum absolute atomic E-state index is 12.3. The molecule has 0 aromatic heterocycles. The Hall–Kier alpha value is -2.14. The van der Waals surface area contributed by atoms with Crippen molar-refractivity contribution in [3.8, 4) is 0 Å². The molecule has 5 heteroatoms. The summed E-state index contributed by atoms with van der Waals surface area (Å²) in [6.45, 7) is 3.09. The third kappa shape index (κ3) is 4.03. The number of hydrogen-bond acceptors (Lipinski definition) is 3. The predicted molar refractivity (Wildman–Crippen MR) is 92.4 cm³/mol. The van der Waals surface area contributed by atoms with Gasteiger partial charge < -0.3 is 10.0 Å². The van der Waals surface area contributed by atoms with E-state index in [2.05, 4.69) is 0 Å². The molecule has 0 atom stereocenters. The van der Waals surface area contributed by atoms with Crippen LogP contribution < -0.4 is 0 Å². The lowest BCUT2D eigenvalue weighted by Gasteiger charge is -2.38. The number of nitrogens with zero attached hydrogens (tertiary/aromatic N) is 2. The van der Waals surface area contributed by atoms with Crippen molar-refractivity contribution in [3.63, 3.8) is 0 Å². The quantitative estimate of drug-likeness (QED) is 0.899. The normalized spacial score (nSPS) is 21.0. The molecule has 2 aliphatic rings. The monoisotopic (exact) mass is 328 g/mol. The number of carboxylic acid groups (broad SMARTS) is 1. The van der Waals surface area contributed by atoms with Crippen molar-refractivity contribution in [1.82, 2.24) is 9.80 Å². The highest BCUT2D eigenvalue weighted by Crippen LogP contribution is 2.40. The zero-order chi connectivity index (χ0) is 17.0. The number of benzene rings is 1. The number of rotatable bonds is 5. The SMILES string of the molecule is O=C(O)CN1CCC2(CC1)CC(=O)N(C/C=C/c1ccccc1)C2. The highest BCUT2D eigenvalue weighted by Gasteiger charge is 2.44. The molecule has 2 heterocycles. The third-order valence-corrected chi connectivity index (χ3v) is 5.12. The first-order valence-corrected chi connectivity index (χ1v) is 8.50. The third-order valence-electron chi connectivity index (χ3n) is 5.12. The van der Waals surface area contributed by atoms with Crippen molar-refractivity contribution < 1.29 is 14.7 Å². The van der Waals surface area contributed by atoms with E-state index in [9.17, 15) is 9.59 Å². The van der Waals surface area contributed by atoms with E-state index in [0.717, 1.165) is 38.0 Å². The number of hydrogen-bond donors (Lipinski definition) is 1. The van der Waals surface area contributed by atoms with Gasteiger partial charge in [0.15, 0.2) is 0 Å². The van der Waals surface area contributed by atoms with E-state index in [-0.39, 0.29) is 17.9 Å². The lowest BCUT2D eigenvalue weighted by atomic mass is 9.77. The second kappa shape index (κ2) is 7.18. The van der Waals surface area contributed by atoms with Gasteiger partial charge in [-0.2, -0.15) is 0 Å². The Morgan fingerprint density at radius 2 is 1.92 bits per heavy atom. The molecule has 1 amide bonds. The Bertz CT molecular complexity index is 619. The smallest absolute Gasteiger partial charge is 0.317 e. The summed E-state index contributed by atoms with van der Waals surface area (Å²) in [5.74, 6) is -0.555. The molecule has 1 aromatic carbocycles. The van der Waals surface area contributed by atoms with Crippen molar-refractivity contribution >= 4 is 18.0 Å². The fourth-order valence-corrected chi connectivity index (χ4v) is 3.74. The average molecular weight is 328 g/mol. The summed E-state index contributed by atoms with van der Waals surface area (Å²) in [4.78, 5) is 27.0. The molecule has 0 bridgehead atoms. The fraction of sp³-hybridized carbons (Fsp3) is 0.474. The Labute approximate surface area is 142 Å². The van der Waals surface area contributed by atoms with Crippen LogP contribution in [0, 0.1) is 5.41 Å². The van der Waals surface area contributed by atoms with Gasteiger partial charge in [0.05, 0.1) is 6.54 Å². The molecule has 0 unspecified atom stereocenters. The molecular formula is C19H24N2O3. The van der Waals surface area contributed by atoms with Gasteiger partial charge >= 0.3 is 5.97 Å². The van der Waals surface area contributed by atoms with Crippen LogP contribution in [0.5, 0.6) is 0 Å². The van der Waals surface area contributed by atoms with Gasteiger partial charge in [-0.3, -0.25) is 14.5 Å². The Kier molecular flexibility index (Phi) is 5.00. The molecule has 1 spiro atoms. The molecule has 1 aromatic rings. The van der Waals surface area contributed by atoms with Crippen LogP contribution in [0.15, 0.2) is 36.4 Å². The van der Waals surface area contributed by atoms with E-state index in [1.54, 1.807) is 0 Å². The van der Waals surface area contributed by atoms with Gasteiger partial charge in [-0.05, 0) is 36.9 Å². The second-order valence-corrected chi connectivity index (χ2v) is 6.93. The van der Waals surface area contributed by atoms with Crippen LogP contribution in [0.25, 0.3) is 6.08 Å². The van der Waals surface area contributed by atoms with E-state index in [1.165, 1.54) is 0 Å². The van der Waals surface area contributed by atoms with Crippen LogP contribution in [0.3, 0.4) is 0 Å². The summed E-state index contributed by atoms with van der Waals surface area (Å²) in [5, 5.41) is 8.89. The van der Waals surface area contributed by atoms with E-state index < -0.39 is 5.97 Å². The van der Waals surface area contributed by atoms with Gasteiger partial charge in [0.2, 0.25) is 5.91 Å². The molecule has 0 radical (unpaired) electrons. The summed E-state index contributed by atoms with van der Waals surface area (Å²) in [7, 11) is 0. The highest BCUT2D eigenvalue weighted by molar-refractivity contribution is 5.79. The van der Waals surface area contributed by atoms with Gasteiger partial charge in [-0.1, -0.05) is 42.5 Å². The zero-order valence-corrected chi connectivity index (χ0v) is 13.9. The number of likely N-dealkylation sites (tertiary alicyclic amines) is 2. The average Bonchev–Trinajstić information content (AvgIpc) is 2.86. The van der Waals surface area contributed by atoms with Gasteiger partial charge in [0, 0.05) is 19.5 Å². The predicted octanol–water partition coefficient (Wildman–Crippen LogP) is 2.10. The van der Waals surface area contributed by atoms with Crippen LogP contribution in [0.1, 0.15) is 24.8 Å². The van der Waals surface area contributed by atoms with Crippen molar-refractivity contribution in [3.05, 3.63) is 42.0 Å². The second-order valence-electron chi connectivity index (χ2n) is 6.93. The zero-order valence-electron chi connectivity index (χ0n) is 13.9. The van der Waals surface area contributed by atoms with Gasteiger partial charge in [-0.15, -0.1) is 0 Å². The van der Waals surface area contributed by atoms with Gasteiger partial charge in [0.1, 0.15) is 0 Å². The molecule has 3 rings (SSSR count). The van der Waals surface area contributed by atoms with Gasteiger partial charge in [0.25, 0.3) is 0 Å². The minimum Gasteiger partial charge on any atom is -0.480 e. The van der Waals surface area contributed by atoms with E-state index in [0.29, 0.717) is 13.0 Å². The minimum atomic E-state index is -0.777. The first kappa shape index (κ1) is 16.7. The minimum absolute atomic E-state index is 0.0483. The number of aliphatic carboxylic acids is 1. The molecular weight excluding hydrogens is 304 g/mol.